The van der Waals surface area contributed by atoms with Crippen LogP contribution in [-0.4, -0.2) is 41.7 Å². The van der Waals surface area contributed by atoms with Crippen LogP contribution < -0.4 is 18.9 Å². The van der Waals surface area contributed by atoms with E-state index >= 15 is 0 Å². The van der Waals surface area contributed by atoms with Crippen molar-refractivity contribution in [3.05, 3.63) is 47.5 Å². The summed E-state index contributed by atoms with van der Waals surface area (Å²) in [5.41, 5.74) is 2.17. The Kier molecular flexibility index (Phi) is 5.33. The minimum Gasteiger partial charge on any atom is -0.493 e. The van der Waals surface area contributed by atoms with Crippen molar-refractivity contribution in [3.63, 3.8) is 0 Å². The van der Waals surface area contributed by atoms with E-state index in [0.29, 0.717) is 36.2 Å². The summed E-state index contributed by atoms with van der Waals surface area (Å²) >= 11 is 0. The third-order valence-corrected chi connectivity index (χ3v) is 5.74. The van der Waals surface area contributed by atoms with E-state index in [1.807, 2.05) is 36.4 Å². The van der Waals surface area contributed by atoms with Crippen LogP contribution in [0.2, 0.25) is 0 Å². The zero-order chi connectivity index (χ0) is 19.7. The first-order chi connectivity index (χ1) is 13.7. The minimum atomic E-state index is -0.0186. The van der Waals surface area contributed by atoms with Crippen LogP contribution in [0.4, 0.5) is 0 Å². The molecule has 0 unspecified atom stereocenters. The van der Waals surface area contributed by atoms with Gasteiger partial charge in [0.2, 0.25) is 0 Å². The van der Waals surface area contributed by atoms with Gasteiger partial charge in [-0.3, -0.25) is 0 Å². The van der Waals surface area contributed by atoms with Gasteiger partial charge in [0, 0.05) is 11.8 Å². The van der Waals surface area contributed by atoms with Crippen molar-refractivity contribution in [2.75, 3.05) is 41.7 Å². The highest BCUT2D eigenvalue weighted by molar-refractivity contribution is 5.45. The summed E-state index contributed by atoms with van der Waals surface area (Å²) in [5, 5.41) is 0. The molecule has 2 aliphatic heterocycles. The van der Waals surface area contributed by atoms with Crippen LogP contribution >= 0.6 is 0 Å². The summed E-state index contributed by atoms with van der Waals surface area (Å²) in [5.74, 6) is 3.43. The van der Waals surface area contributed by atoms with Gasteiger partial charge in [-0.25, -0.2) is 0 Å². The Hall–Kier alpha value is -2.44. The Morgan fingerprint density at radius 3 is 1.36 bits per heavy atom. The topological polar surface area (TPSA) is 55.4 Å². The molecule has 150 valence electrons. The molecular formula is C22H26O6. The van der Waals surface area contributed by atoms with Crippen molar-refractivity contribution < 1.29 is 28.4 Å². The van der Waals surface area contributed by atoms with Gasteiger partial charge in [-0.2, -0.15) is 0 Å². The van der Waals surface area contributed by atoms with E-state index < -0.39 is 0 Å². The van der Waals surface area contributed by atoms with Gasteiger partial charge in [-0.15, -0.1) is 0 Å². The van der Waals surface area contributed by atoms with Gasteiger partial charge >= 0.3 is 0 Å². The Labute approximate surface area is 165 Å². The lowest BCUT2D eigenvalue weighted by atomic mass is 9.85. The van der Waals surface area contributed by atoms with Crippen molar-refractivity contribution >= 4 is 0 Å². The van der Waals surface area contributed by atoms with Crippen LogP contribution in [0.1, 0.15) is 23.3 Å². The molecule has 6 heteroatoms. The molecule has 6 nitrogen and oxygen atoms in total. The molecular weight excluding hydrogens is 360 g/mol. The SMILES string of the molecule is COc1ccc([C@@H]2OC[C@H]3[C@@H]2CO[C@H]3c2ccc(OC)c(OC)c2)cc1OC. The molecule has 0 N–H and O–H groups in total. The van der Waals surface area contributed by atoms with Crippen LogP contribution in [-0.2, 0) is 9.47 Å². The molecule has 0 bridgehead atoms. The zero-order valence-electron chi connectivity index (χ0n) is 16.6. The summed E-state index contributed by atoms with van der Waals surface area (Å²) < 4.78 is 34.0. The maximum Gasteiger partial charge on any atom is 0.161 e. The molecule has 2 heterocycles. The van der Waals surface area contributed by atoms with Crippen molar-refractivity contribution in [3.8, 4) is 23.0 Å². The second kappa shape index (κ2) is 7.89. The standard InChI is InChI=1S/C22H26O6/c1-23-17-7-5-13(9-19(17)25-3)21-15-11-28-22(16(15)12-27-21)14-6-8-18(24-2)20(10-14)26-4/h5-10,15-16,21-22H,11-12H2,1-4H3/t15-,16-,21-,22-/m0/s1. The lowest BCUT2D eigenvalue weighted by Crippen LogP contribution is -2.14. The maximum atomic E-state index is 6.20. The summed E-state index contributed by atoms with van der Waals surface area (Å²) in [6.45, 7) is 1.31. The summed E-state index contributed by atoms with van der Waals surface area (Å²) in [7, 11) is 6.56. The van der Waals surface area contributed by atoms with E-state index in [-0.39, 0.29) is 24.0 Å². The normalized spacial score (nSPS) is 26.0. The molecule has 2 aromatic carbocycles. The molecule has 28 heavy (non-hydrogen) atoms. The van der Waals surface area contributed by atoms with E-state index in [2.05, 4.69) is 0 Å². The van der Waals surface area contributed by atoms with E-state index in [1.54, 1.807) is 28.4 Å². The van der Waals surface area contributed by atoms with Crippen LogP contribution in [0.3, 0.4) is 0 Å². The van der Waals surface area contributed by atoms with Crippen LogP contribution in [0, 0.1) is 11.8 Å². The molecule has 4 rings (SSSR count). The number of fused-ring (bicyclic) bond motifs is 1. The first kappa shape index (κ1) is 18.9. The lowest BCUT2D eigenvalue weighted by Gasteiger charge is -2.18. The smallest absolute Gasteiger partial charge is 0.161 e. The monoisotopic (exact) mass is 386 g/mol. The summed E-state index contributed by atoms with van der Waals surface area (Å²) in [6, 6.07) is 11.9. The second-order valence-electron chi connectivity index (χ2n) is 7.06. The molecule has 0 spiro atoms. The number of hydrogen-bond acceptors (Lipinski definition) is 6. The van der Waals surface area contributed by atoms with E-state index in [4.69, 9.17) is 28.4 Å². The lowest BCUT2D eigenvalue weighted by molar-refractivity contribution is 0.0191. The van der Waals surface area contributed by atoms with E-state index in [1.165, 1.54) is 0 Å². The quantitative estimate of drug-likeness (QED) is 0.753. The summed E-state index contributed by atoms with van der Waals surface area (Å²) in [6.07, 6.45) is -0.0371. The van der Waals surface area contributed by atoms with Gasteiger partial charge in [0.1, 0.15) is 0 Å². The van der Waals surface area contributed by atoms with Crippen LogP contribution in [0.5, 0.6) is 23.0 Å². The molecule has 2 saturated heterocycles. The first-order valence-corrected chi connectivity index (χ1v) is 9.37. The van der Waals surface area contributed by atoms with Crippen LogP contribution in [0.25, 0.3) is 0 Å². The van der Waals surface area contributed by atoms with Crippen molar-refractivity contribution in [2.24, 2.45) is 11.8 Å². The first-order valence-electron chi connectivity index (χ1n) is 9.37. The highest BCUT2D eigenvalue weighted by Crippen LogP contribution is 2.51. The van der Waals surface area contributed by atoms with Gasteiger partial charge in [-0.1, -0.05) is 12.1 Å². The zero-order valence-corrected chi connectivity index (χ0v) is 16.6. The minimum absolute atomic E-state index is 0.0186. The van der Waals surface area contributed by atoms with Gasteiger partial charge in [0.15, 0.2) is 23.0 Å². The highest BCUT2D eigenvalue weighted by atomic mass is 16.5. The molecule has 2 fully saturated rings. The molecule has 2 aromatic rings. The molecule has 0 saturated carbocycles. The molecule has 4 atom stereocenters. The number of hydrogen-bond donors (Lipinski definition) is 0. The molecule has 0 aromatic heterocycles. The fourth-order valence-electron chi connectivity index (χ4n) is 4.29. The van der Waals surface area contributed by atoms with Crippen molar-refractivity contribution in [2.45, 2.75) is 12.2 Å². The summed E-state index contributed by atoms with van der Waals surface area (Å²) in [4.78, 5) is 0. The molecule has 0 radical (unpaired) electrons. The third-order valence-electron chi connectivity index (χ3n) is 5.74. The van der Waals surface area contributed by atoms with Gasteiger partial charge < -0.3 is 28.4 Å². The predicted molar refractivity (Wildman–Crippen MR) is 103 cm³/mol. The third kappa shape index (κ3) is 3.16. The molecule has 0 aliphatic carbocycles. The number of methoxy groups -OCH3 is 4. The molecule has 0 amide bonds. The predicted octanol–water partition coefficient (Wildman–Crippen LogP) is 3.80. The van der Waals surface area contributed by atoms with Crippen molar-refractivity contribution in [1.82, 2.24) is 0 Å². The fourth-order valence-corrected chi connectivity index (χ4v) is 4.29. The van der Waals surface area contributed by atoms with Gasteiger partial charge in [0.05, 0.1) is 53.9 Å². The fraction of sp³-hybridized carbons (Fsp3) is 0.455. The number of ether oxygens (including phenoxy) is 6. The average Bonchev–Trinajstić information content (AvgIpc) is 3.35. The van der Waals surface area contributed by atoms with Crippen molar-refractivity contribution in [1.29, 1.82) is 0 Å². The van der Waals surface area contributed by atoms with Gasteiger partial charge in [-0.05, 0) is 35.4 Å². The number of benzene rings is 2. The average molecular weight is 386 g/mol. The Balaban J connectivity index is 1.57. The van der Waals surface area contributed by atoms with Gasteiger partial charge in [0.25, 0.3) is 0 Å². The highest BCUT2D eigenvalue weighted by Gasteiger charge is 2.48. The van der Waals surface area contributed by atoms with E-state index in [9.17, 15) is 0 Å². The van der Waals surface area contributed by atoms with E-state index in [0.717, 1.165) is 11.1 Å². The molecule has 2 aliphatic rings. The van der Waals surface area contributed by atoms with Crippen LogP contribution in [0.15, 0.2) is 36.4 Å². The Bertz CT molecular complexity index is 766. The maximum absolute atomic E-state index is 6.20. The number of rotatable bonds is 6. The largest absolute Gasteiger partial charge is 0.493 e. The second-order valence-corrected chi connectivity index (χ2v) is 7.06. The Morgan fingerprint density at radius 1 is 0.607 bits per heavy atom. The Morgan fingerprint density at radius 2 is 1.00 bits per heavy atom.